The minimum atomic E-state index is -0.665. The fraction of sp³-hybridized carbons (Fsp3) is 0.533. The molecule has 1 aromatic rings. The predicted molar refractivity (Wildman–Crippen MR) is 79.9 cm³/mol. The van der Waals surface area contributed by atoms with Crippen LogP contribution in [0.2, 0.25) is 0 Å². The van der Waals surface area contributed by atoms with Crippen LogP contribution in [0.3, 0.4) is 0 Å². The lowest BCUT2D eigenvalue weighted by molar-refractivity contribution is -0.132. The van der Waals surface area contributed by atoms with E-state index in [1.807, 2.05) is 13.8 Å². The Morgan fingerprint density at radius 1 is 1.30 bits per heavy atom. The number of nitrogens with zero attached hydrogens (tertiary/aromatic N) is 1. The standard InChI is InChI=1S/C15H20BrF2NO/c1-3-13(4-2)19(8-7-16)15(20)9-11-5-6-12(17)10-14(11)18/h5-6,10,13H,3-4,7-9H2,1-2H3. The van der Waals surface area contributed by atoms with Gasteiger partial charge in [0, 0.05) is 24.0 Å². The average Bonchev–Trinajstić information content (AvgIpc) is 2.42. The van der Waals surface area contributed by atoms with Gasteiger partial charge in [-0.05, 0) is 24.5 Å². The Morgan fingerprint density at radius 2 is 1.95 bits per heavy atom. The van der Waals surface area contributed by atoms with Gasteiger partial charge in [-0.3, -0.25) is 4.79 Å². The van der Waals surface area contributed by atoms with Crippen molar-refractivity contribution < 1.29 is 13.6 Å². The molecule has 1 rings (SSSR count). The smallest absolute Gasteiger partial charge is 0.227 e. The van der Waals surface area contributed by atoms with Crippen molar-refractivity contribution >= 4 is 21.8 Å². The minimum absolute atomic E-state index is 0.0321. The maximum Gasteiger partial charge on any atom is 0.227 e. The molecule has 0 bridgehead atoms. The summed E-state index contributed by atoms with van der Waals surface area (Å²) < 4.78 is 26.5. The zero-order valence-corrected chi connectivity index (χ0v) is 13.4. The van der Waals surface area contributed by atoms with Crippen molar-refractivity contribution in [1.29, 1.82) is 0 Å². The third kappa shape index (κ3) is 4.54. The lowest BCUT2D eigenvalue weighted by Gasteiger charge is -2.30. The highest BCUT2D eigenvalue weighted by molar-refractivity contribution is 9.09. The molecule has 0 fully saturated rings. The van der Waals surface area contributed by atoms with Crippen molar-refractivity contribution in [2.24, 2.45) is 0 Å². The molecule has 0 N–H and O–H groups in total. The first kappa shape index (κ1) is 17.1. The molecule has 0 aliphatic carbocycles. The van der Waals surface area contributed by atoms with Gasteiger partial charge in [0.1, 0.15) is 11.6 Å². The summed E-state index contributed by atoms with van der Waals surface area (Å²) in [4.78, 5) is 14.1. The highest BCUT2D eigenvalue weighted by Crippen LogP contribution is 2.15. The second kappa shape index (κ2) is 8.35. The van der Waals surface area contributed by atoms with Crippen molar-refractivity contribution in [3.8, 4) is 0 Å². The summed E-state index contributed by atoms with van der Waals surface area (Å²) in [5, 5.41) is 0.682. The molecule has 20 heavy (non-hydrogen) atoms. The van der Waals surface area contributed by atoms with Crippen LogP contribution in [0.5, 0.6) is 0 Å². The maximum atomic E-state index is 13.6. The van der Waals surface area contributed by atoms with E-state index in [1.54, 1.807) is 4.90 Å². The molecule has 0 aliphatic rings. The molecule has 0 saturated heterocycles. The molecule has 112 valence electrons. The number of carbonyl (C=O) groups is 1. The molecule has 5 heteroatoms. The Balaban J connectivity index is 2.84. The van der Waals surface area contributed by atoms with E-state index in [2.05, 4.69) is 15.9 Å². The molecule has 0 aromatic heterocycles. The molecule has 0 saturated carbocycles. The summed E-state index contributed by atoms with van der Waals surface area (Å²) >= 11 is 3.34. The summed E-state index contributed by atoms with van der Waals surface area (Å²) in [5.41, 5.74) is 0.238. The third-order valence-electron chi connectivity index (χ3n) is 3.39. The summed E-state index contributed by atoms with van der Waals surface area (Å²) in [7, 11) is 0. The van der Waals surface area contributed by atoms with E-state index in [9.17, 15) is 13.6 Å². The molecule has 1 amide bonds. The average molecular weight is 348 g/mol. The Kier molecular flexibility index (Phi) is 7.13. The summed E-state index contributed by atoms with van der Waals surface area (Å²) in [6.07, 6.45) is 1.69. The second-order valence-electron chi connectivity index (χ2n) is 4.66. The molecular formula is C15H20BrF2NO. The first-order valence-corrected chi connectivity index (χ1v) is 7.94. The van der Waals surface area contributed by atoms with Crippen LogP contribution in [0.4, 0.5) is 8.78 Å². The number of carbonyl (C=O) groups excluding carboxylic acids is 1. The van der Waals surface area contributed by atoms with Gasteiger partial charge in [-0.15, -0.1) is 0 Å². The van der Waals surface area contributed by atoms with Crippen LogP contribution in [0.15, 0.2) is 18.2 Å². The Labute approximate surface area is 127 Å². The van der Waals surface area contributed by atoms with Gasteiger partial charge in [0.05, 0.1) is 6.42 Å². The van der Waals surface area contributed by atoms with Gasteiger partial charge in [0.2, 0.25) is 5.91 Å². The van der Waals surface area contributed by atoms with Crippen molar-refractivity contribution in [3.05, 3.63) is 35.4 Å². The Bertz CT molecular complexity index is 449. The van der Waals surface area contributed by atoms with Crippen LogP contribution in [-0.2, 0) is 11.2 Å². The fourth-order valence-electron chi connectivity index (χ4n) is 2.26. The van der Waals surface area contributed by atoms with Crippen LogP contribution in [0.1, 0.15) is 32.3 Å². The van der Waals surface area contributed by atoms with Crippen LogP contribution in [0, 0.1) is 11.6 Å². The highest BCUT2D eigenvalue weighted by Gasteiger charge is 2.21. The molecule has 1 aromatic carbocycles. The van der Waals surface area contributed by atoms with E-state index in [1.165, 1.54) is 12.1 Å². The quantitative estimate of drug-likeness (QED) is 0.684. The molecule has 0 atom stereocenters. The van der Waals surface area contributed by atoms with Gasteiger partial charge in [-0.2, -0.15) is 0 Å². The number of rotatable bonds is 7. The van der Waals surface area contributed by atoms with E-state index in [4.69, 9.17) is 0 Å². The first-order chi connectivity index (χ1) is 9.53. The van der Waals surface area contributed by atoms with Gasteiger partial charge in [0.25, 0.3) is 0 Å². The minimum Gasteiger partial charge on any atom is -0.339 e. The van der Waals surface area contributed by atoms with Crippen molar-refractivity contribution in [1.82, 2.24) is 4.90 Å². The molecule has 0 heterocycles. The van der Waals surface area contributed by atoms with E-state index >= 15 is 0 Å². The number of halogens is 3. The fourth-order valence-corrected chi connectivity index (χ4v) is 2.64. The largest absolute Gasteiger partial charge is 0.339 e. The van der Waals surface area contributed by atoms with Crippen LogP contribution in [0.25, 0.3) is 0 Å². The lowest BCUT2D eigenvalue weighted by atomic mass is 10.1. The molecule has 0 unspecified atom stereocenters. The molecule has 0 radical (unpaired) electrons. The molecule has 2 nitrogen and oxygen atoms in total. The van der Waals surface area contributed by atoms with Crippen LogP contribution < -0.4 is 0 Å². The number of benzene rings is 1. The Morgan fingerprint density at radius 3 is 2.45 bits per heavy atom. The lowest BCUT2D eigenvalue weighted by Crippen LogP contribution is -2.42. The van der Waals surface area contributed by atoms with Gasteiger partial charge >= 0.3 is 0 Å². The summed E-state index contributed by atoms with van der Waals surface area (Å²) in [6.45, 7) is 4.65. The van der Waals surface area contributed by atoms with E-state index in [0.29, 0.717) is 11.9 Å². The van der Waals surface area contributed by atoms with Crippen LogP contribution in [-0.4, -0.2) is 28.7 Å². The van der Waals surface area contributed by atoms with Gasteiger partial charge in [-0.25, -0.2) is 8.78 Å². The monoisotopic (exact) mass is 347 g/mol. The highest BCUT2D eigenvalue weighted by atomic mass is 79.9. The zero-order chi connectivity index (χ0) is 15.1. The SMILES string of the molecule is CCC(CC)N(CCBr)C(=O)Cc1ccc(F)cc1F. The predicted octanol–water partition coefficient (Wildman–Crippen LogP) is 3.92. The van der Waals surface area contributed by atoms with Crippen molar-refractivity contribution in [2.75, 3.05) is 11.9 Å². The van der Waals surface area contributed by atoms with Gasteiger partial charge < -0.3 is 4.90 Å². The maximum absolute atomic E-state index is 13.6. The van der Waals surface area contributed by atoms with Crippen molar-refractivity contribution in [3.63, 3.8) is 0 Å². The van der Waals surface area contributed by atoms with Crippen LogP contribution >= 0.6 is 15.9 Å². The van der Waals surface area contributed by atoms with E-state index in [-0.39, 0.29) is 23.9 Å². The number of amides is 1. The number of hydrogen-bond acceptors (Lipinski definition) is 1. The topological polar surface area (TPSA) is 20.3 Å². The third-order valence-corrected chi connectivity index (χ3v) is 3.74. The number of alkyl halides is 1. The first-order valence-electron chi connectivity index (χ1n) is 6.82. The van der Waals surface area contributed by atoms with Crippen molar-refractivity contribution in [2.45, 2.75) is 39.2 Å². The van der Waals surface area contributed by atoms with E-state index < -0.39 is 11.6 Å². The molecule has 0 spiro atoms. The summed E-state index contributed by atoms with van der Waals surface area (Å²) in [6, 6.07) is 3.48. The van der Waals surface area contributed by atoms with Gasteiger partial charge in [0.15, 0.2) is 0 Å². The normalized spacial score (nSPS) is 10.9. The zero-order valence-electron chi connectivity index (χ0n) is 11.8. The molecular weight excluding hydrogens is 328 g/mol. The molecule has 0 aliphatic heterocycles. The second-order valence-corrected chi connectivity index (χ2v) is 5.45. The number of hydrogen-bond donors (Lipinski definition) is 0. The van der Waals surface area contributed by atoms with E-state index in [0.717, 1.165) is 18.9 Å². The Hall–Kier alpha value is -0.970. The van der Waals surface area contributed by atoms with Gasteiger partial charge in [-0.1, -0.05) is 35.8 Å². The summed E-state index contributed by atoms with van der Waals surface area (Å²) in [5.74, 6) is -1.42.